The zero-order chi connectivity index (χ0) is 16.8. The van der Waals surface area contributed by atoms with Crippen LogP contribution in [0.4, 0.5) is 17.6 Å². The molecule has 1 amide bonds. The summed E-state index contributed by atoms with van der Waals surface area (Å²) in [5.41, 5.74) is -2.04. The number of hydrogen-bond donors (Lipinski definition) is 1. The molecule has 0 atom stereocenters. The Morgan fingerprint density at radius 3 is 2.13 bits per heavy atom. The van der Waals surface area contributed by atoms with Crippen LogP contribution in [0.5, 0.6) is 0 Å². The number of carbonyl (C=O) groups is 1. The second kappa shape index (κ2) is 5.34. The molecule has 23 heavy (non-hydrogen) atoms. The molecule has 120 valence electrons. The van der Waals surface area contributed by atoms with Crippen LogP contribution in [0.15, 0.2) is 36.4 Å². The lowest BCUT2D eigenvalue weighted by Gasteiger charge is -2.46. The van der Waals surface area contributed by atoms with Gasteiger partial charge in [-0.2, -0.15) is 0 Å². The average molecular weight is 325 g/mol. The Bertz CT molecular complexity index is 770. The van der Waals surface area contributed by atoms with E-state index < -0.39 is 40.3 Å². The molecule has 1 aliphatic heterocycles. The summed E-state index contributed by atoms with van der Waals surface area (Å²) in [6.45, 7) is -0.459. The highest BCUT2D eigenvalue weighted by Gasteiger charge is 2.46. The van der Waals surface area contributed by atoms with E-state index in [1.807, 2.05) is 0 Å². The molecule has 0 spiro atoms. The normalized spacial score (nSPS) is 16.1. The number of hydrogen-bond acceptors (Lipinski definition) is 2. The minimum atomic E-state index is -1.56. The summed E-state index contributed by atoms with van der Waals surface area (Å²) in [6.07, 6.45) is 0. The second-order valence-corrected chi connectivity index (χ2v) is 5.42. The van der Waals surface area contributed by atoms with Gasteiger partial charge in [-0.15, -0.1) is 0 Å². The van der Waals surface area contributed by atoms with Crippen molar-refractivity contribution in [2.75, 3.05) is 13.1 Å². The minimum absolute atomic E-state index is 0.229. The molecule has 1 saturated heterocycles. The van der Waals surface area contributed by atoms with Gasteiger partial charge in [0.2, 0.25) is 0 Å². The van der Waals surface area contributed by atoms with Crippen LogP contribution in [0.3, 0.4) is 0 Å². The van der Waals surface area contributed by atoms with Crippen LogP contribution in [-0.2, 0) is 5.60 Å². The van der Waals surface area contributed by atoms with Crippen molar-refractivity contribution in [3.63, 3.8) is 0 Å². The number of aliphatic hydroxyl groups is 1. The molecule has 2 aromatic carbocycles. The van der Waals surface area contributed by atoms with Gasteiger partial charge < -0.3 is 10.0 Å². The number of β-amino-alcohol motifs (C(OH)–C–C–N with tert-alkyl or cyclic N) is 1. The van der Waals surface area contributed by atoms with Crippen molar-refractivity contribution in [1.29, 1.82) is 0 Å². The van der Waals surface area contributed by atoms with Crippen molar-refractivity contribution in [2.45, 2.75) is 5.60 Å². The van der Waals surface area contributed by atoms with E-state index in [4.69, 9.17) is 0 Å². The quantitative estimate of drug-likeness (QED) is 0.681. The summed E-state index contributed by atoms with van der Waals surface area (Å²) >= 11 is 0. The van der Waals surface area contributed by atoms with Gasteiger partial charge in [-0.1, -0.05) is 12.1 Å². The molecule has 0 aliphatic carbocycles. The first kappa shape index (κ1) is 15.5. The van der Waals surface area contributed by atoms with Crippen LogP contribution in [0.2, 0.25) is 0 Å². The Kier molecular flexibility index (Phi) is 3.60. The average Bonchev–Trinajstić information content (AvgIpc) is 2.49. The van der Waals surface area contributed by atoms with Gasteiger partial charge in [-0.25, -0.2) is 17.6 Å². The van der Waals surface area contributed by atoms with E-state index in [2.05, 4.69) is 0 Å². The van der Waals surface area contributed by atoms with Gasteiger partial charge in [-0.05, 0) is 29.8 Å². The monoisotopic (exact) mass is 325 g/mol. The molecule has 2 aromatic rings. The molecule has 1 heterocycles. The van der Waals surface area contributed by atoms with Crippen molar-refractivity contribution in [3.8, 4) is 0 Å². The SMILES string of the molecule is O=C(c1c(F)ccc(F)c1F)N1CC(O)(c2ccc(F)cc2)C1. The fourth-order valence-corrected chi connectivity index (χ4v) is 2.55. The van der Waals surface area contributed by atoms with Gasteiger partial charge in [0, 0.05) is 0 Å². The predicted molar refractivity (Wildman–Crippen MR) is 72.5 cm³/mol. The van der Waals surface area contributed by atoms with Crippen molar-refractivity contribution < 1.29 is 27.5 Å². The Labute approximate surface area is 128 Å². The summed E-state index contributed by atoms with van der Waals surface area (Å²) in [4.78, 5) is 13.1. The summed E-state index contributed by atoms with van der Waals surface area (Å²) < 4.78 is 53.3. The maximum absolute atomic E-state index is 13.6. The van der Waals surface area contributed by atoms with E-state index in [-0.39, 0.29) is 13.1 Å². The first-order chi connectivity index (χ1) is 10.8. The molecule has 0 unspecified atom stereocenters. The van der Waals surface area contributed by atoms with Gasteiger partial charge in [0.1, 0.15) is 22.8 Å². The number of rotatable bonds is 2. The molecule has 0 saturated carbocycles. The highest BCUT2D eigenvalue weighted by atomic mass is 19.2. The number of benzene rings is 2. The minimum Gasteiger partial charge on any atom is -0.381 e. The zero-order valence-electron chi connectivity index (χ0n) is 11.7. The molecular weight excluding hydrogens is 314 g/mol. The van der Waals surface area contributed by atoms with E-state index in [0.717, 1.165) is 17.0 Å². The van der Waals surface area contributed by atoms with Crippen LogP contribution in [-0.4, -0.2) is 29.0 Å². The fourth-order valence-electron chi connectivity index (χ4n) is 2.55. The van der Waals surface area contributed by atoms with Gasteiger partial charge in [-0.3, -0.25) is 4.79 Å². The van der Waals surface area contributed by atoms with Crippen molar-refractivity contribution in [1.82, 2.24) is 4.90 Å². The molecule has 3 nitrogen and oxygen atoms in total. The summed E-state index contributed by atoms with van der Waals surface area (Å²) in [6, 6.07) is 6.29. The van der Waals surface area contributed by atoms with E-state index in [9.17, 15) is 27.5 Å². The largest absolute Gasteiger partial charge is 0.381 e. The van der Waals surface area contributed by atoms with Crippen molar-refractivity contribution >= 4 is 5.91 Å². The van der Waals surface area contributed by atoms with E-state index in [0.29, 0.717) is 17.7 Å². The van der Waals surface area contributed by atoms with Gasteiger partial charge in [0.25, 0.3) is 5.91 Å². The van der Waals surface area contributed by atoms with Crippen LogP contribution < -0.4 is 0 Å². The third-order valence-electron chi connectivity index (χ3n) is 3.83. The summed E-state index contributed by atoms with van der Waals surface area (Å²) in [5.74, 6) is -5.60. The van der Waals surface area contributed by atoms with E-state index in [1.165, 1.54) is 12.1 Å². The number of carbonyl (C=O) groups excluding carboxylic acids is 1. The molecular formula is C16H11F4NO2. The Morgan fingerprint density at radius 2 is 1.52 bits per heavy atom. The smallest absolute Gasteiger partial charge is 0.260 e. The van der Waals surface area contributed by atoms with Crippen molar-refractivity contribution in [2.24, 2.45) is 0 Å². The Balaban J connectivity index is 1.80. The van der Waals surface area contributed by atoms with E-state index in [1.54, 1.807) is 0 Å². The third kappa shape index (κ3) is 2.57. The van der Waals surface area contributed by atoms with Gasteiger partial charge in [0.05, 0.1) is 13.1 Å². The maximum Gasteiger partial charge on any atom is 0.260 e. The third-order valence-corrected chi connectivity index (χ3v) is 3.83. The standard InChI is InChI=1S/C16H11F4NO2/c17-10-3-1-9(2-4-10)16(23)7-21(8-16)15(22)13-11(18)5-6-12(19)14(13)20/h1-6,23H,7-8H2. The zero-order valence-corrected chi connectivity index (χ0v) is 11.7. The van der Waals surface area contributed by atoms with E-state index >= 15 is 0 Å². The number of nitrogens with zero attached hydrogens (tertiary/aromatic N) is 1. The first-order valence-corrected chi connectivity index (χ1v) is 6.73. The predicted octanol–water partition coefficient (Wildman–Crippen LogP) is 2.59. The fraction of sp³-hybridized carbons (Fsp3) is 0.188. The lowest BCUT2D eigenvalue weighted by atomic mass is 9.85. The topological polar surface area (TPSA) is 40.5 Å². The van der Waals surface area contributed by atoms with Gasteiger partial charge in [0.15, 0.2) is 11.6 Å². The second-order valence-electron chi connectivity index (χ2n) is 5.42. The number of amides is 1. The lowest BCUT2D eigenvalue weighted by Crippen LogP contribution is -2.61. The molecule has 1 fully saturated rings. The molecule has 0 radical (unpaired) electrons. The molecule has 0 bridgehead atoms. The Morgan fingerprint density at radius 1 is 0.957 bits per heavy atom. The van der Waals surface area contributed by atoms with Crippen molar-refractivity contribution in [3.05, 3.63) is 70.8 Å². The molecule has 1 aliphatic rings. The van der Waals surface area contributed by atoms with Crippen LogP contribution in [0.1, 0.15) is 15.9 Å². The lowest BCUT2D eigenvalue weighted by molar-refractivity contribution is -0.0866. The number of likely N-dealkylation sites (tertiary alicyclic amines) is 1. The molecule has 7 heteroatoms. The summed E-state index contributed by atoms with van der Waals surface area (Å²) in [5, 5.41) is 10.4. The van der Waals surface area contributed by atoms with Crippen LogP contribution in [0.25, 0.3) is 0 Å². The molecule has 0 aromatic heterocycles. The first-order valence-electron chi connectivity index (χ1n) is 6.73. The van der Waals surface area contributed by atoms with Gasteiger partial charge >= 0.3 is 0 Å². The molecule has 1 N–H and O–H groups in total. The number of halogens is 4. The highest BCUT2D eigenvalue weighted by molar-refractivity contribution is 5.95. The molecule has 3 rings (SSSR count). The summed E-state index contributed by atoms with van der Waals surface area (Å²) in [7, 11) is 0. The highest BCUT2D eigenvalue weighted by Crippen LogP contribution is 2.33. The Hall–Kier alpha value is -2.41. The maximum atomic E-state index is 13.6. The van der Waals surface area contributed by atoms with Crippen LogP contribution in [0, 0.1) is 23.3 Å². The van der Waals surface area contributed by atoms with Crippen LogP contribution >= 0.6 is 0 Å².